The van der Waals surface area contributed by atoms with Crippen molar-refractivity contribution in [3.8, 4) is 5.69 Å². The maximum Gasteiger partial charge on any atom is 0.0728 e. The Bertz CT molecular complexity index is 378. The molecule has 1 heterocycles. The summed E-state index contributed by atoms with van der Waals surface area (Å²) in [4.78, 5) is 0. The number of nitrogens with one attached hydrogen (secondary N) is 1. The van der Waals surface area contributed by atoms with Gasteiger partial charge in [0.05, 0.1) is 23.8 Å². The molecule has 1 aromatic heterocycles. The molecule has 0 atom stereocenters. The van der Waals surface area contributed by atoms with Crippen LogP contribution < -0.4 is 5.32 Å². The molecule has 13 heavy (non-hydrogen) atoms. The van der Waals surface area contributed by atoms with Crippen LogP contribution in [0, 0.1) is 0 Å². The Morgan fingerprint density at radius 2 is 2.00 bits per heavy atom. The van der Waals surface area contributed by atoms with Crippen molar-refractivity contribution < 1.29 is 0 Å². The van der Waals surface area contributed by atoms with Crippen LogP contribution in [0.3, 0.4) is 0 Å². The van der Waals surface area contributed by atoms with E-state index < -0.39 is 0 Å². The minimum atomic E-state index is 1.02. The van der Waals surface area contributed by atoms with Crippen molar-refractivity contribution in [2.45, 2.75) is 0 Å². The maximum absolute atomic E-state index is 4.21. The normalized spacial score (nSPS) is 9.92. The number of benzene rings is 1. The molecule has 2 rings (SSSR count). The monoisotopic (exact) mass is 173 g/mol. The summed E-state index contributed by atoms with van der Waals surface area (Å²) in [6.07, 6.45) is 3.75. The fraction of sp³-hybridized carbons (Fsp3) is 0.100. The van der Waals surface area contributed by atoms with Gasteiger partial charge in [0.2, 0.25) is 0 Å². The summed E-state index contributed by atoms with van der Waals surface area (Å²) in [5.74, 6) is 0. The van der Waals surface area contributed by atoms with Gasteiger partial charge in [-0.2, -0.15) is 5.10 Å². The van der Waals surface area contributed by atoms with E-state index in [9.17, 15) is 0 Å². The fourth-order valence-corrected chi connectivity index (χ4v) is 1.17. The summed E-state index contributed by atoms with van der Waals surface area (Å²) < 4.78 is 1.84. The predicted octanol–water partition coefficient (Wildman–Crippen LogP) is 1.91. The highest BCUT2D eigenvalue weighted by Gasteiger charge is 1.96. The van der Waals surface area contributed by atoms with E-state index in [0.717, 1.165) is 11.4 Å². The van der Waals surface area contributed by atoms with Crippen molar-refractivity contribution in [2.24, 2.45) is 0 Å². The van der Waals surface area contributed by atoms with Crippen LogP contribution in [0.1, 0.15) is 0 Å². The predicted molar refractivity (Wildman–Crippen MR) is 53.1 cm³/mol. The third-order valence-electron chi connectivity index (χ3n) is 1.89. The molecule has 3 heteroatoms. The molecular weight excluding hydrogens is 162 g/mol. The average molecular weight is 173 g/mol. The Hall–Kier alpha value is -1.77. The number of hydrogen-bond donors (Lipinski definition) is 1. The SMILES string of the molecule is CNc1cnn(-c2ccccc2)c1. The Kier molecular flexibility index (Phi) is 2.00. The summed E-state index contributed by atoms with van der Waals surface area (Å²) in [6, 6.07) is 10.0. The first kappa shape index (κ1) is 7.86. The molecule has 0 spiro atoms. The molecule has 0 radical (unpaired) electrons. The van der Waals surface area contributed by atoms with E-state index in [-0.39, 0.29) is 0 Å². The Labute approximate surface area is 77.0 Å². The number of anilines is 1. The van der Waals surface area contributed by atoms with Crippen LogP contribution in [0.2, 0.25) is 0 Å². The van der Waals surface area contributed by atoms with Crippen LogP contribution >= 0.6 is 0 Å². The highest BCUT2D eigenvalue weighted by molar-refractivity contribution is 5.41. The standard InChI is InChI=1S/C10H11N3/c1-11-9-7-12-13(8-9)10-5-3-2-4-6-10/h2-8,11H,1H3. The van der Waals surface area contributed by atoms with Crippen LogP contribution in [0.15, 0.2) is 42.7 Å². The van der Waals surface area contributed by atoms with Gasteiger partial charge in [-0.25, -0.2) is 4.68 Å². The van der Waals surface area contributed by atoms with Gasteiger partial charge in [0.15, 0.2) is 0 Å². The summed E-state index contributed by atoms with van der Waals surface area (Å²) in [5, 5.41) is 7.25. The van der Waals surface area contributed by atoms with Crippen molar-refractivity contribution in [1.82, 2.24) is 9.78 Å². The number of aromatic nitrogens is 2. The third-order valence-corrected chi connectivity index (χ3v) is 1.89. The molecule has 0 amide bonds. The zero-order chi connectivity index (χ0) is 9.10. The van der Waals surface area contributed by atoms with Gasteiger partial charge in [0.1, 0.15) is 0 Å². The largest absolute Gasteiger partial charge is 0.386 e. The molecule has 0 saturated heterocycles. The van der Waals surface area contributed by atoms with Gasteiger partial charge >= 0.3 is 0 Å². The van der Waals surface area contributed by atoms with E-state index in [1.165, 1.54) is 0 Å². The molecule has 66 valence electrons. The van der Waals surface area contributed by atoms with Crippen molar-refractivity contribution in [1.29, 1.82) is 0 Å². The Balaban J connectivity index is 2.36. The number of para-hydroxylation sites is 1. The second-order valence-corrected chi connectivity index (χ2v) is 2.76. The molecule has 2 aromatic rings. The molecule has 0 fully saturated rings. The second-order valence-electron chi connectivity index (χ2n) is 2.76. The highest BCUT2D eigenvalue weighted by Crippen LogP contribution is 2.09. The molecular formula is C10H11N3. The smallest absolute Gasteiger partial charge is 0.0728 e. The second kappa shape index (κ2) is 3.31. The molecule has 0 aliphatic heterocycles. The Morgan fingerprint density at radius 3 is 2.62 bits per heavy atom. The van der Waals surface area contributed by atoms with E-state index in [4.69, 9.17) is 0 Å². The van der Waals surface area contributed by atoms with Crippen LogP contribution in [-0.4, -0.2) is 16.8 Å². The van der Waals surface area contributed by atoms with Crippen molar-refractivity contribution in [2.75, 3.05) is 12.4 Å². The number of rotatable bonds is 2. The van der Waals surface area contributed by atoms with Crippen LogP contribution in [0.4, 0.5) is 5.69 Å². The fourth-order valence-electron chi connectivity index (χ4n) is 1.17. The molecule has 3 nitrogen and oxygen atoms in total. The molecule has 1 aromatic carbocycles. The van der Waals surface area contributed by atoms with E-state index in [2.05, 4.69) is 10.4 Å². The first-order chi connectivity index (χ1) is 6.40. The number of nitrogens with zero attached hydrogens (tertiary/aromatic N) is 2. The lowest BCUT2D eigenvalue weighted by molar-refractivity contribution is 0.881. The van der Waals surface area contributed by atoms with Gasteiger partial charge in [-0.1, -0.05) is 18.2 Å². The lowest BCUT2D eigenvalue weighted by Crippen LogP contribution is -1.92. The summed E-state index contributed by atoms with van der Waals surface area (Å²) in [5.41, 5.74) is 2.09. The van der Waals surface area contributed by atoms with Gasteiger partial charge < -0.3 is 5.32 Å². The zero-order valence-corrected chi connectivity index (χ0v) is 7.44. The van der Waals surface area contributed by atoms with Crippen molar-refractivity contribution in [3.05, 3.63) is 42.7 Å². The first-order valence-electron chi connectivity index (χ1n) is 4.18. The topological polar surface area (TPSA) is 29.9 Å². The van der Waals surface area contributed by atoms with E-state index in [1.54, 1.807) is 6.20 Å². The first-order valence-corrected chi connectivity index (χ1v) is 4.18. The summed E-state index contributed by atoms with van der Waals surface area (Å²) in [7, 11) is 1.88. The summed E-state index contributed by atoms with van der Waals surface area (Å²) >= 11 is 0. The minimum absolute atomic E-state index is 1.02. The zero-order valence-electron chi connectivity index (χ0n) is 7.44. The molecule has 0 bridgehead atoms. The number of hydrogen-bond acceptors (Lipinski definition) is 2. The maximum atomic E-state index is 4.21. The lowest BCUT2D eigenvalue weighted by atomic mass is 10.3. The molecule has 1 N–H and O–H groups in total. The third kappa shape index (κ3) is 1.54. The van der Waals surface area contributed by atoms with Gasteiger partial charge in [-0.05, 0) is 12.1 Å². The Morgan fingerprint density at radius 1 is 1.23 bits per heavy atom. The lowest BCUT2D eigenvalue weighted by Gasteiger charge is -1.98. The van der Waals surface area contributed by atoms with Gasteiger partial charge in [-0.15, -0.1) is 0 Å². The van der Waals surface area contributed by atoms with Gasteiger partial charge in [-0.3, -0.25) is 0 Å². The van der Waals surface area contributed by atoms with Crippen LogP contribution in [0.5, 0.6) is 0 Å². The van der Waals surface area contributed by atoms with Gasteiger partial charge in [0, 0.05) is 7.05 Å². The van der Waals surface area contributed by atoms with Gasteiger partial charge in [0.25, 0.3) is 0 Å². The molecule has 0 aliphatic carbocycles. The van der Waals surface area contributed by atoms with E-state index in [1.807, 2.05) is 48.3 Å². The van der Waals surface area contributed by atoms with E-state index in [0.29, 0.717) is 0 Å². The molecule has 0 aliphatic rings. The van der Waals surface area contributed by atoms with E-state index >= 15 is 0 Å². The summed E-state index contributed by atoms with van der Waals surface area (Å²) in [6.45, 7) is 0. The van der Waals surface area contributed by atoms with Crippen LogP contribution in [-0.2, 0) is 0 Å². The minimum Gasteiger partial charge on any atom is -0.386 e. The molecule has 0 unspecified atom stereocenters. The average Bonchev–Trinajstić information content (AvgIpc) is 2.67. The molecule has 0 saturated carbocycles. The highest BCUT2D eigenvalue weighted by atomic mass is 15.3. The quantitative estimate of drug-likeness (QED) is 0.751. The van der Waals surface area contributed by atoms with Crippen molar-refractivity contribution in [3.63, 3.8) is 0 Å². The van der Waals surface area contributed by atoms with Crippen LogP contribution in [0.25, 0.3) is 5.69 Å². The van der Waals surface area contributed by atoms with Crippen molar-refractivity contribution >= 4 is 5.69 Å².